The minimum Gasteiger partial charge on any atom is -0.329 e. The van der Waals surface area contributed by atoms with Crippen LogP contribution in [0.2, 0.25) is 5.28 Å². The molecule has 3 nitrogen and oxygen atoms in total. The van der Waals surface area contributed by atoms with E-state index < -0.39 is 0 Å². The topological polar surface area (TPSA) is 30.7 Å². The Kier molecular flexibility index (Phi) is 4.28. The van der Waals surface area contributed by atoms with Gasteiger partial charge < -0.3 is 4.57 Å². The van der Waals surface area contributed by atoms with Crippen molar-refractivity contribution >= 4 is 22.6 Å². The highest BCUT2D eigenvalue weighted by Gasteiger charge is 2.20. The molecule has 2 heterocycles. The molecule has 1 aromatic carbocycles. The van der Waals surface area contributed by atoms with Crippen LogP contribution in [0.3, 0.4) is 0 Å². The van der Waals surface area contributed by atoms with Crippen LogP contribution in [-0.2, 0) is 6.42 Å². The number of rotatable bonds is 3. The van der Waals surface area contributed by atoms with Gasteiger partial charge in [-0.1, -0.05) is 50.5 Å². The first-order valence-electron chi connectivity index (χ1n) is 8.88. The quantitative estimate of drug-likeness (QED) is 0.563. The molecule has 1 aliphatic rings. The number of aromatic nitrogens is 3. The molecule has 4 rings (SSSR count). The van der Waals surface area contributed by atoms with E-state index in [4.69, 9.17) is 11.6 Å². The lowest BCUT2D eigenvalue weighted by Crippen LogP contribution is -2.12. The molecule has 0 radical (unpaired) electrons. The van der Waals surface area contributed by atoms with Gasteiger partial charge in [0, 0.05) is 29.4 Å². The third kappa shape index (κ3) is 2.82. The minimum atomic E-state index is 0.325. The second-order valence-electron chi connectivity index (χ2n) is 6.67. The zero-order valence-electron chi connectivity index (χ0n) is 14.0. The normalized spacial score (nSPS) is 15.9. The molecule has 24 heavy (non-hydrogen) atoms. The lowest BCUT2D eigenvalue weighted by Gasteiger charge is -2.23. The van der Waals surface area contributed by atoms with E-state index in [2.05, 4.69) is 51.9 Å². The monoisotopic (exact) mass is 339 g/mol. The maximum atomic E-state index is 6.09. The summed E-state index contributed by atoms with van der Waals surface area (Å²) in [6, 6.07) is 9.34. The maximum Gasteiger partial charge on any atom is 0.224 e. The summed E-state index contributed by atoms with van der Waals surface area (Å²) in [5, 5.41) is 1.42. The van der Waals surface area contributed by atoms with Crippen molar-refractivity contribution in [3.63, 3.8) is 0 Å². The maximum absolute atomic E-state index is 6.09. The molecule has 0 unspecified atom stereocenters. The van der Waals surface area contributed by atoms with Crippen LogP contribution in [0.4, 0.5) is 0 Å². The van der Waals surface area contributed by atoms with Crippen LogP contribution in [0.5, 0.6) is 0 Å². The van der Waals surface area contributed by atoms with Crippen molar-refractivity contribution in [3.05, 3.63) is 47.5 Å². The number of halogens is 1. The van der Waals surface area contributed by atoms with Crippen molar-refractivity contribution in [1.82, 2.24) is 14.5 Å². The fourth-order valence-corrected chi connectivity index (χ4v) is 3.93. The van der Waals surface area contributed by atoms with E-state index in [1.807, 2.05) is 6.20 Å². The lowest BCUT2D eigenvalue weighted by atomic mass is 9.95. The second-order valence-corrected chi connectivity index (χ2v) is 7.01. The summed E-state index contributed by atoms with van der Waals surface area (Å²) >= 11 is 6.09. The van der Waals surface area contributed by atoms with Gasteiger partial charge >= 0.3 is 0 Å². The Hall–Kier alpha value is -1.87. The van der Waals surface area contributed by atoms with E-state index in [0.717, 1.165) is 17.5 Å². The minimum absolute atomic E-state index is 0.325. The van der Waals surface area contributed by atoms with Gasteiger partial charge in [-0.15, -0.1) is 0 Å². The Morgan fingerprint density at radius 3 is 2.58 bits per heavy atom. The number of hydrogen-bond acceptors (Lipinski definition) is 2. The fraction of sp³-hybridized carbons (Fsp3) is 0.400. The van der Waals surface area contributed by atoms with Gasteiger partial charge in [0.2, 0.25) is 5.28 Å². The molecule has 3 aromatic rings. The third-order valence-electron chi connectivity index (χ3n) is 5.18. The van der Waals surface area contributed by atoms with Crippen molar-refractivity contribution in [2.75, 3.05) is 0 Å². The summed E-state index contributed by atoms with van der Waals surface area (Å²) in [6.45, 7) is 2.18. The third-order valence-corrected chi connectivity index (χ3v) is 5.37. The fourth-order valence-electron chi connectivity index (χ4n) is 3.80. The molecular weight excluding hydrogens is 318 g/mol. The summed E-state index contributed by atoms with van der Waals surface area (Å²) in [7, 11) is 0. The number of aryl methyl sites for hydroxylation is 1. The molecule has 0 bridgehead atoms. The van der Waals surface area contributed by atoms with Gasteiger partial charge in [0.15, 0.2) is 0 Å². The summed E-state index contributed by atoms with van der Waals surface area (Å²) in [6.07, 6.45) is 11.6. The van der Waals surface area contributed by atoms with Crippen LogP contribution in [0.15, 0.2) is 36.7 Å². The number of nitrogens with zero attached hydrogens (tertiary/aromatic N) is 3. The zero-order chi connectivity index (χ0) is 16.5. The average molecular weight is 340 g/mol. The van der Waals surface area contributed by atoms with E-state index in [1.165, 1.54) is 48.8 Å². The van der Waals surface area contributed by atoms with Crippen LogP contribution >= 0.6 is 11.6 Å². The van der Waals surface area contributed by atoms with Crippen LogP contribution in [0.1, 0.15) is 50.6 Å². The number of benzene rings is 1. The molecule has 0 saturated heterocycles. The SMILES string of the molecule is CCc1ccc(-c2cn(C3CCCCC3)c3nc(Cl)ncc23)cc1. The van der Waals surface area contributed by atoms with Crippen LogP contribution in [0, 0.1) is 0 Å². The molecule has 1 aliphatic carbocycles. The van der Waals surface area contributed by atoms with Crippen molar-refractivity contribution in [1.29, 1.82) is 0 Å². The van der Waals surface area contributed by atoms with Gasteiger partial charge in [0.1, 0.15) is 5.65 Å². The van der Waals surface area contributed by atoms with E-state index in [9.17, 15) is 0 Å². The first kappa shape index (κ1) is 15.6. The summed E-state index contributed by atoms with van der Waals surface area (Å²) in [5.41, 5.74) is 4.75. The van der Waals surface area contributed by atoms with E-state index in [-0.39, 0.29) is 0 Å². The van der Waals surface area contributed by atoms with Gasteiger partial charge in [-0.2, -0.15) is 4.98 Å². The van der Waals surface area contributed by atoms with Gasteiger partial charge in [-0.25, -0.2) is 4.98 Å². The molecule has 2 aromatic heterocycles. The van der Waals surface area contributed by atoms with E-state index in [1.54, 1.807) is 0 Å². The summed E-state index contributed by atoms with van der Waals surface area (Å²) < 4.78 is 2.34. The molecule has 1 fully saturated rings. The highest BCUT2D eigenvalue weighted by Crippen LogP contribution is 2.36. The standard InChI is InChI=1S/C20H22ClN3/c1-2-14-8-10-15(11-9-14)18-13-24(16-6-4-3-5-7-16)19-17(18)12-22-20(21)23-19/h8-13,16H,2-7H2,1H3. The zero-order valence-corrected chi connectivity index (χ0v) is 14.8. The molecule has 0 N–H and O–H groups in total. The van der Waals surface area contributed by atoms with Gasteiger partial charge in [-0.3, -0.25) is 0 Å². The van der Waals surface area contributed by atoms with Crippen molar-refractivity contribution < 1.29 is 0 Å². The first-order chi connectivity index (χ1) is 11.8. The van der Waals surface area contributed by atoms with Crippen LogP contribution < -0.4 is 0 Å². The molecule has 0 aliphatic heterocycles. The molecular formula is C20H22ClN3. The predicted octanol–water partition coefficient (Wildman–Crippen LogP) is 5.82. The molecule has 1 saturated carbocycles. The molecule has 0 amide bonds. The van der Waals surface area contributed by atoms with Crippen molar-refractivity contribution in [3.8, 4) is 11.1 Å². The largest absolute Gasteiger partial charge is 0.329 e. The average Bonchev–Trinajstić information content (AvgIpc) is 3.01. The highest BCUT2D eigenvalue weighted by molar-refractivity contribution is 6.28. The van der Waals surface area contributed by atoms with Gasteiger partial charge in [0.05, 0.1) is 0 Å². The van der Waals surface area contributed by atoms with Crippen LogP contribution in [0.25, 0.3) is 22.2 Å². The van der Waals surface area contributed by atoms with E-state index in [0.29, 0.717) is 11.3 Å². The second kappa shape index (κ2) is 6.56. The van der Waals surface area contributed by atoms with E-state index >= 15 is 0 Å². The Labute approximate surface area is 147 Å². The summed E-state index contributed by atoms with van der Waals surface area (Å²) in [5.74, 6) is 0. The Morgan fingerprint density at radius 1 is 1.12 bits per heavy atom. The Balaban J connectivity index is 1.85. The van der Waals surface area contributed by atoms with Crippen molar-refractivity contribution in [2.45, 2.75) is 51.5 Å². The molecule has 4 heteroatoms. The lowest BCUT2D eigenvalue weighted by molar-refractivity contribution is 0.360. The predicted molar refractivity (Wildman–Crippen MR) is 99.5 cm³/mol. The highest BCUT2D eigenvalue weighted by atomic mass is 35.5. The number of fused-ring (bicyclic) bond motifs is 1. The van der Waals surface area contributed by atoms with Gasteiger partial charge in [-0.05, 0) is 42.0 Å². The Bertz CT molecular complexity index is 845. The molecule has 0 atom stereocenters. The van der Waals surface area contributed by atoms with Crippen molar-refractivity contribution in [2.24, 2.45) is 0 Å². The van der Waals surface area contributed by atoms with Crippen LogP contribution in [-0.4, -0.2) is 14.5 Å². The molecule has 0 spiro atoms. The Morgan fingerprint density at radius 2 is 1.88 bits per heavy atom. The number of hydrogen-bond donors (Lipinski definition) is 0. The van der Waals surface area contributed by atoms with Gasteiger partial charge in [0.25, 0.3) is 0 Å². The first-order valence-corrected chi connectivity index (χ1v) is 9.26. The molecule has 124 valence electrons. The summed E-state index contributed by atoms with van der Waals surface area (Å²) in [4.78, 5) is 8.77. The smallest absolute Gasteiger partial charge is 0.224 e.